The molecule has 0 aliphatic carbocycles. The third kappa shape index (κ3) is 7.79. The van der Waals surface area contributed by atoms with Gasteiger partial charge >= 0.3 is 0 Å². The van der Waals surface area contributed by atoms with Crippen LogP contribution < -0.4 is 30.8 Å². The quantitative estimate of drug-likeness (QED) is 0.0982. The van der Waals surface area contributed by atoms with E-state index in [1.54, 1.807) is 24.4 Å². The van der Waals surface area contributed by atoms with E-state index in [1.807, 2.05) is 48.5 Å². The number of methoxy groups -OCH3 is 2. The lowest BCUT2D eigenvalue weighted by atomic mass is 10.2. The van der Waals surface area contributed by atoms with E-state index in [4.69, 9.17) is 31.7 Å². The van der Waals surface area contributed by atoms with Crippen LogP contribution in [0.2, 0.25) is 5.02 Å². The van der Waals surface area contributed by atoms with Crippen LogP contribution in [0.1, 0.15) is 11.1 Å². The Morgan fingerprint density at radius 3 is 2.51 bits per heavy atom. The first-order valence-electron chi connectivity index (χ1n) is 11.6. The summed E-state index contributed by atoms with van der Waals surface area (Å²) >= 11 is 7.06. The number of amides is 1. The van der Waals surface area contributed by atoms with Crippen LogP contribution in [0.4, 0.5) is 11.6 Å². The van der Waals surface area contributed by atoms with E-state index in [2.05, 4.69) is 26.0 Å². The van der Waals surface area contributed by atoms with Gasteiger partial charge < -0.3 is 25.4 Å². The van der Waals surface area contributed by atoms with Crippen molar-refractivity contribution in [3.8, 4) is 17.2 Å². The normalized spacial score (nSPS) is 10.8. The molecule has 0 aliphatic heterocycles. The average molecular weight is 568 g/mol. The fraction of sp³-hybridized carbons (Fsp3) is 0.154. The van der Waals surface area contributed by atoms with Crippen LogP contribution in [0, 0.1) is 0 Å². The summed E-state index contributed by atoms with van der Waals surface area (Å²) in [5.41, 5.74) is 5.05. The predicted molar refractivity (Wildman–Crippen MR) is 153 cm³/mol. The molecule has 0 radical (unpaired) electrons. The Kier molecular flexibility index (Phi) is 9.48. The van der Waals surface area contributed by atoms with Crippen molar-refractivity contribution >= 4 is 47.1 Å². The summed E-state index contributed by atoms with van der Waals surface area (Å²) in [7, 11) is 3.07. The second-order valence-electron chi connectivity index (χ2n) is 7.94. The minimum atomic E-state index is -0.263. The number of hydrogen-bond donors (Lipinski definition) is 3. The lowest BCUT2D eigenvalue weighted by molar-refractivity contribution is -0.113. The van der Waals surface area contributed by atoms with E-state index in [-0.39, 0.29) is 17.6 Å². The van der Waals surface area contributed by atoms with E-state index in [0.717, 1.165) is 22.9 Å². The summed E-state index contributed by atoms with van der Waals surface area (Å²) in [6.07, 6.45) is 1.59. The van der Waals surface area contributed by atoms with Crippen molar-refractivity contribution in [1.29, 1.82) is 0 Å². The molecule has 11 nitrogen and oxygen atoms in total. The van der Waals surface area contributed by atoms with Crippen LogP contribution in [0.5, 0.6) is 17.2 Å². The number of nitrogens with two attached hydrogens (primary N) is 1. The van der Waals surface area contributed by atoms with Crippen LogP contribution in [-0.2, 0) is 11.4 Å². The maximum Gasteiger partial charge on any atom is 0.264 e. The maximum absolute atomic E-state index is 12.5. The van der Waals surface area contributed by atoms with Gasteiger partial charge in [-0.25, -0.2) is 10.1 Å². The third-order valence-electron chi connectivity index (χ3n) is 5.23. The highest BCUT2D eigenvalue weighted by molar-refractivity contribution is 7.99. The second kappa shape index (κ2) is 13.4. The standard InChI is InChI=1S/C26H26ClN7O4S/c1-36-21-11-20(12-22(13-21)37-2)30-24(35)16-39-26-33-32-25(34(26)28)31-29-14-18-5-3-4-6-23(18)38-15-17-7-9-19(27)10-8-17/h3-14H,15-16,28H2,1-2H3,(H,30,35)(H,31,32)/b29-14+. The van der Waals surface area contributed by atoms with Crippen LogP contribution >= 0.6 is 23.4 Å². The van der Waals surface area contributed by atoms with Gasteiger partial charge in [-0.1, -0.05) is 47.6 Å². The molecule has 4 N–H and O–H groups in total. The molecule has 3 aromatic carbocycles. The van der Waals surface area contributed by atoms with Gasteiger partial charge in [-0.05, 0) is 29.8 Å². The zero-order valence-electron chi connectivity index (χ0n) is 21.1. The van der Waals surface area contributed by atoms with E-state index >= 15 is 0 Å². The number of anilines is 2. The first-order chi connectivity index (χ1) is 18.9. The Bertz CT molecular complexity index is 1420. The number of ether oxygens (including phenoxy) is 3. The van der Waals surface area contributed by atoms with Crippen LogP contribution in [0.25, 0.3) is 0 Å². The molecule has 4 aromatic rings. The molecule has 13 heteroatoms. The highest BCUT2D eigenvalue weighted by atomic mass is 35.5. The number of carbonyl (C=O) groups is 1. The minimum Gasteiger partial charge on any atom is -0.497 e. The summed E-state index contributed by atoms with van der Waals surface area (Å²) in [5, 5.41) is 16.0. The van der Waals surface area contributed by atoms with Crippen molar-refractivity contribution in [1.82, 2.24) is 14.9 Å². The molecule has 0 fully saturated rings. The SMILES string of the molecule is COc1cc(NC(=O)CSc2nnc(N/N=C/c3ccccc3OCc3ccc(Cl)cc3)n2N)cc(OC)c1. The first-order valence-corrected chi connectivity index (χ1v) is 12.9. The lowest BCUT2D eigenvalue weighted by Gasteiger charge is -2.10. The number of carbonyl (C=O) groups excluding carboxylic acids is 1. The average Bonchev–Trinajstić information content (AvgIpc) is 3.30. The Balaban J connectivity index is 1.31. The molecule has 1 aromatic heterocycles. The van der Waals surface area contributed by atoms with Crippen molar-refractivity contribution in [2.75, 3.05) is 36.6 Å². The minimum absolute atomic E-state index is 0.0520. The molecular formula is C26H26ClN7O4S. The summed E-state index contributed by atoms with van der Waals surface area (Å²) in [6, 6.07) is 20.0. The molecule has 0 atom stereocenters. The number of nitrogens with zero attached hydrogens (tertiary/aromatic N) is 4. The zero-order chi connectivity index (χ0) is 27.6. The Hall–Kier alpha value is -4.42. The number of halogens is 1. The fourth-order valence-corrected chi connectivity index (χ4v) is 4.06. The molecule has 0 aliphatic rings. The first kappa shape index (κ1) is 27.6. The number of nitrogens with one attached hydrogen (secondary N) is 2. The molecule has 0 saturated carbocycles. The number of para-hydroxylation sites is 1. The van der Waals surface area contributed by atoms with Crippen molar-refractivity contribution in [2.24, 2.45) is 5.10 Å². The van der Waals surface area contributed by atoms with Crippen LogP contribution in [0.15, 0.2) is 77.0 Å². The molecule has 1 amide bonds. The van der Waals surface area contributed by atoms with E-state index < -0.39 is 0 Å². The van der Waals surface area contributed by atoms with Crippen molar-refractivity contribution < 1.29 is 19.0 Å². The molecule has 0 spiro atoms. The smallest absolute Gasteiger partial charge is 0.264 e. The number of rotatable bonds is 12. The number of hydrazone groups is 1. The van der Waals surface area contributed by atoms with Gasteiger partial charge in [-0.15, -0.1) is 10.2 Å². The Morgan fingerprint density at radius 2 is 1.79 bits per heavy atom. The van der Waals surface area contributed by atoms with Gasteiger partial charge in [0.25, 0.3) is 5.95 Å². The Labute approximate surface area is 234 Å². The molecule has 39 heavy (non-hydrogen) atoms. The second-order valence-corrected chi connectivity index (χ2v) is 9.32. The molecule has 1 heterocycles. The number of nitrogen functional groups attached to an aromatic ring is 1. The number of thioether (sulfide) groups is 1. The van der Waals surface area contributed by atoms with Gasteiger partial charge in [-0.3, -0.25) is 4.79 Å². The summed E-state index contributed by atoms with van der Waals surface area (Å²) in [6.45, 7) is 0.381. The summed E-state index contributed by atoms with van der Waals surface area (Å²) in [4.78, 5) is 12.5. The fourth-order valence-electron chi connectivity index (χ4n) is 3.28. The van der Waals surface area contributed by atoms with Gasteiger partial charge in [0.2, 0.25) is 11.1 Å². The van der Waals surface area contributed by atoms with E-state index in [9.17, 15) is 4.79 Å². The maximum atomic E-state index is 12.5. The highest BCUT2D eigenvalue weighted by Gasteiger charge is 2.13. The van der Waals surface area contributed by atoms with Crippen LogP contribution in [0.3, 0.4) is 0 Å². The largest absolute Gasteiger partial charge is 0.497 e. The lowest BCUT2D eigenvalue weighted by Crippen LogP contribution is -2.17. The zero-order valence-corrected chi connectivity index (χ0v) is 22.7. The molecule has 0 saturated heterocycles. The molecule has 0 unspecified atom stereocenters. The molecule has 4 rings (SSSR count). The Morgan fingerprint density at radius 1 is 1.08 bits per heavy atom. The van der Waals surface area contributed by atoms with Crippen molar-refractivity contribution in [3.05, 3.63) is 82.9 Å². The topological polar surface area (TPSA) is 138 Å². The number of benzene rings is 3. The third-order valence-corrected chi connectivity index (χ3v) is 6.42. The van der Waals surface area contributed by atoms with Crippen molar-refractivity contribution in [2.45, 2.75) is 11.8 Å². The summed E-state index contributed by atoms with van der Waals surface area (Å²) < 4.78 is 17.6. The van der Waals surface area contributed by atoms with Gasteiger partial charge in [0.05, 0.1) is 26.2 Å². The number of hydrogen-bond acceptors (Lipinski definition) is 10. The van der Waals surface area contributed by atoms with Crippen LogP contribution in [-0.4, -0.2) is 47.0 Å². The van der Waals surface area contributed by atoms with Gasteiger partial charge in [0.15, 0.2) is 0 Å². The molecule has 0 bridgehead atoms. The van der Waals surface area contributed by atoms with E-state index in [0.29, 0.717) is 39.7 Å². The predicted octanol–water partition coefficient (Wildman–Crippen LogP) is 4.42. The van der Waals surface area contributed by atoms with Gasteiger partial charge in [0.1, 0.15) is 23.9 Å². The molecule has 202 valence electrons. The van der Waals surface area contributed by atoms with E-state index in [1.165, 1.54) is 18.9 Å². The highest BCUT2D eigenvalue weighted by Crippen LogP contribution is 2.26. The molecular weight excluding hydrogens is 542 g/mol. The van der Waals surface area contributed by atoms with Gasteiger partial charge in [-0.2, -0.15) is 5.10 Å². The van der Waals surface area contributed by atoms with Gasteiger partial charge in [0, 0.05) is 34.5 Å². The summed E-state index contributed by atoms with van der Waals surface area (Å²) in [5.74, 6) is 7.85. The number of aromatic nitrogens is 3. The van der Waals surface area contributed by atoms with Crippen molar-refractivity contribution in [3.63, 3.8) is 0 Å². The monoisotopic (exact) mass is 567 g/mol.